The zero-order chi connectivity index (χ0) is 21.7. The van der Waals surface area contributed by atoms with Crippen LogP contribution in [0.25, 0.3) is 21.1 Å². The highest BCUT2D eigenvalue weighted by Crippen LogP contribution is 2.41. The number of hydrogen-bond donors (Lipinski definition) is 2. The lowest BCUT2D eigenvalue weighted by Crippen LogP contribution is -2.43. The van der Waals surface area contributed by atoms with Crippen LogP contribution in [-0.4, -0.2) is 44.1 Å². The molecule has 0 bridgehead atoms. The van der Waals surface area contributed by atoms with Gasteiger partial charge >= 0.3 is 0 Å². The second-order valence-corrected chi connectivity index (χ2v) is 10.3. The fourth-order valence-corrected chi connectivity index (χ4v) is 6.49. The number of nitrogens with one attached hydrogen (secondary N) is 2. The monoisotopic (exact) mass is 446 g/mol. The number of anilines is 2. The zero-order valence-electron chi connectivity index (χ0n) is 18.1. The lowest BCUT2D eigenvalue weighted by molar-refractivity contribution is -0.137. The number of piperidine rings is 1. The van der Waals surface area contributed by atoms with E-state index in [1.807, 2.05) is 18.3 Å². The maximum atomic E-state index is 13.2. The number of amides is 1. The van der Waals surface area contributed by atoms with Crippen LogP contribution in [0.1, 0.15) is 36.6 Å². The number of hydrogen-bond acceptors (Lipinski definition) is 6. The largest absolute Gasteiger partial charge is 0.342 e. The number of rotatable bonds is 3. The van der Waals surface area contributed by atoms with Crippen LogP contribution < -0.4 is 5.32 Å². The van der Waals surface area contributed by atoms with Gasteiger partial charge in [-0.05, 0) is 61.8 Å². The molecule has 0 saturated carbocycles. The number of aromatic amines is 1. The van der Waals surface area contributed by atoms with Gasteiger partial charge in [0, 0.05) is 35.0 Å². The SMILES string of the molecule is CC1CCCN(C(=O)[C@H]2CCc3c(sc4ncnc(Nc5ccc6[nH]ncc6c5)c34)C2)C1. The lowest BCUT2D eigenvalue weighted by Gasteiger charge is -2.34. The fraction of sp³-hybridized carbons (Fsp3) is 0.417. The minimum absolute atomic E-state index is 0.0914. The number of benzene rings is 1. The molecule has 2 N–H and O–H groups in total. The smallest absolute Gasteiger partial charge is 0.226 e. The molecule has 32 heavy (non-hydrogen) atoms. The van der Waals surface area contributed by atoms with Gasteiger partial charge in [-0.1, -0.05) is 6.92 Å². The molecule has 1 aliphatic carbocycles. The minimum atomic E-state index is 0.0914. The van der Waals surface area contributed by atoms with Crippen molar-refractivity contribution in [3.63, 3.8) is 0 Å². The molecule has 1 aliphatic heterocycles. The highest BCUT2D eigenvalue weighted by atomic mass is 32.1. The van der Waals surface area contributed by atoms with Gasteiger partial charge in [0.15, 0.2) is 0 Å². The summed E-state index contributed by atoms with van der Waals surface area (Å²) in [7, 11) is 0. The molecule has 4 heterocycles. The second kappa shape index (κ2) is 7.85. The van der Waals surface area contributed by atoms with Crippen LogP contribution in [0.4, 0.5) is 11.5 Å². The Morgan fingerprint density at radius 3 is 3.12 bits per heavy atom. The first kappa shape index (κ1) is 19.7. The minimum Gasteiger partial charge on any atom is -0.342 e. The molecule has 1 saturated heterocycles. The molecule has 6 rings (SSSR count). The molecule has 1 unspecified atom stereocenters. The van der Waals surface area contributed by atoms with Gasteiger partial charge in [0.05, 0.1) is 17.1 Å². The van der Waals surface area contributed by atoms with Crippen molar-refractivity contribution in [2.24, 2.45) is 11.8 Å². The van der Waals surface area contributed by atoms with Crippen LogP contribution in [0, 0.1) is 11.8 Å². The number of carbonyl (C=O) groups is 1. The summed E-state index contributed by atoms with van der Waals surface area (Å²) in [5.41, 5.74) is 3.30. The predicted molar refractivity (Wildman–Crippen MR) is 127 cm³/mol. The number of H-pyrrole nitrogens is 1. The summed E-state index contributed by atoms with van der Waals surface area (Å²) in [6, 6.07) is 6.12. The molecule has 7 nitrogen and oxygen atoms in total. The van der Waals surface area contributed by atoms with E-state index in [1.54, 1.807) is 17.7 Å². The average Bonchev–Trinajstić information content (AvgIpc) is 3.42. The molecule has 1 fully saturated rings. The summed E-state index contributed by atoms with van der Waals surface area (Å²) in [5, 5.41) is 12.7. The summed E-state index contributed by atoms with van der Waals surface area (Å²) in [6.07, 6.45) is 8.43. The summed E-state index contributed by atoms with van der Waals surface area (Å²) in [6.45, 7) is 4.08. The average molecular weight is 447 g/mol. The molecule has 0 radical (unpaired) electrons. The van der Waals surface area contributed by atoms with E-state index in [2.05, 4.69) is 43.4 Å². The number of likely N-dealkylation sites (tertiary alicyclic amines) is 1. The third kappa shape index (κ3) is 3.43. The topological polar surface area (TPSA) is 86.8 Å². The number of thiophene rings is 1. The quantitative estimate of drug-likeness (QED) is 0.477. The predicted octanol–water partition coefficient (Wildman–Crippen LogP) is 4.67. The van der Waals surface area contributed by atoms with Gasteiger partial charge in [-0.3, -0.25) is 9.89 Å². The molecule has 1 aromatic carbocycles. The van der Waals surface area contributed by atoms with Crippen LogP contribution in [0.5, 0.6) is 0 Å². The highest BCUT2D eigenvalue weighted by Gasteiger charge is 2.32. The van der Waals surface area contributed by atoms with E-state index in [0.717, 1.165) is 71.4 Å². The second-order valence-electron chi connectivity index (χ2n) is 9.17. The zero-order valence-corrected chi connectivity index (χ0v) is 18.9. The van der Waals surface area contributed by atoms with Crippen LogP contribution in [0.2, 0.25) is 0 Å². The van der Waals surface area contributed by atoms with E-state index in [9.17, 15) is 4.79 Å². The summed E-state index contributed by atoms with van der Waals surface area (Å²) < 4.78 is 0. The number of carbonyl (C=O) groups excluding carboxylic acids is 1. The van der Waals surface area contributed by atoms with Crippen molar-refractivity contribution in [2.75, 3.05) is 18.4 Å². The van der Waals surface area contributed by atoms with Crippen molar-refractivity contribution in [1.82, 2.24) is 25.1 Å². The lowest BCUT2D eigenvalue weighted by atomic mass is 9.86. The third-order valence-corrected chi connectivity index (χ3v) is 8.03. The summed E-state index contributed by atoms with van der Waals surface area (Å²) in [4.78, 5) is 26.7. The standard InChI is InChI=1S/C24H26N6OS/c1-14-3-2-8-30(12-14)24(31)15-4-6-18-20(10-15)32-23-21(18)22(25-13-26-23)28-17-5-7-19-16(9-17)11-27-29-19/h5,7,9,11,13-15H,2-4,6,8,10,12H2,1H3,(H,27,29)(H,25,26,28)/t14?,15-/m0/s1. The van der Waals surface area contributed by atoms with E-state index < -0.39 is 0 Å². The van der Waals surface area contributed by atoms with E-state index in [-0.39, 0.29) is 5.92 Å². The van der Waals surface area contributed by atoms with E-state index in [1.165, 1.54) is 16.9 Å². The number of aromatic nitrogens is 4. The van der Waals surface area contributed by atoms with Crippen molar-refractivity contribution in [3.8, 4) is 0 Å². The molecule has 3 aromatic heterocycles. The van der Waals surface area contributed by atoms with Gasteiger partial charge in [0.25, 0.3) is 0 Å². The Kier molecular flexibility index (Phi) is 4.82. The van der Waals surface area contributed by atoms with Gasteiger partial charge in [0.1, 0.15) is 17.0 Å². The van der Waals surface area contributed by atoms with Crippen LogP contribution in [0.15, 0.2) is 30.7 Å². The van der Waals surface area contributed by atoms with E-state index in [4.69, 9.17) is 0 Å². The van der Waals surface area contributed by atoms with Gasteiger partial charge in [-0.2, -0.15) is 5.10 Å². The van der Waals surface area contributed by atoms with Gasteiger partial charge in [-0.25, -0.2) is 9.97 Å². The summed E-state index contributed by atoms with van der Waals surface area (Å²) in [5.74, 6) is 1.89. The Hall–Kier alpha value is -3.00. The maximum Gasteiger partial charge on any atom is 0.226 e. The van der Waals surface area contributed by atoms with Crippen molar-refractivity contribution < 1.29 is 4.79 Å². The first-order valence-corrected chi connectivity index (χ1v) is 12.2. The van der Waals surface area contributed by atoms with E-state index in [0.29, 0.717) is 11.8 Å². The number of nitrogens with zero attached hydrogens (tertiary/aromatic N) is 4. The van der Waals surface area contributed by atoms with Crippen LogP contribution >= 0.6 is 11.3 Å². The molecule has 2 aliphatic rings. The number of aryl methyl sites for hydroxylation is 1. The Morgan fingerprint density at radius 2 is 2.22 bits per heavy atom. The van der Waals surface area contributed by atoms with Crippen molar-refractivity contribution >= 4 is 49.9 Å². The Morgan fingerprint density at radius 1 is 1.28 bits per heavy atom. The Balaban J connectivity index is 1.28. The van der Waals surface area contributed by atoms with Crippen LogP contribution in [-0.2, 0) is 17.6 Å². The van der Waals surface area contributed by atoms with Gasteiger partial charge in [-0.15, -0.1) is 11.3 Å². The molecule has 4 aromatic rings. The molecular weight excluding hydrogens is 420 g/mol. The normalized spacial score (nSPS) is 21.1. The molecular formula is C24H26N6OS. The summed E-state index contributed by atoms with van der Waals surface area (Å²) >= 11 is 1.72. The fourth-order valence-electron chi connectivity index (χ4n) is 5.22. The highest BCUT2D eigenvalue weighted by molar-refractivity contribution is 7.19. The Bertz CT molecular complexity index is 1310. The molecule has 2 atom stereocenters. The first-order valence-electron chi connectivity index (χ1n) is 11.4. The molecule has 1 amide bonds. The Labute approximate surface area is 190 Å². The molecule has 164 valence electrons. The molecule has 0 spiro atoms. The van der Waals surface area contributed by atoms with Gasteiger partial charge < -0.3 is 10.2 Å². The molecule has 8 heteroatoms. The first-order chi connectivity index (χ1) is 15.7. The maximum absolute atomic E-state index is 13.2. The van der Waals surface area contributed by atoms with E-state index >= 15 is 0 Å². The number of fused-ring (bicyclic) bond motifs is 4. The third-order valence-electron chi connectivity index (χ3n) is 6.87. The van der Waals surface area contributed by atoms with Crippen molar-refractivity contribution in [1.29, 1.82) is 0 Å². The van der Waals surface area contributed by atoms with Gasteiger partial charge in [0.2, 0.25) is 5.91 Å². The van der Waals surface area contributed by atoms with Crippen LogP contribution in [0.3, 0.4) is 0 Å². The van der Waals surface area contributed by atoms with Crippen molar-refractivity contribution in [2.45, 2.75) is 39.0 Å². The van der Waals surface area contributed by atoms with Crippen molar-refractivity contribution in [3.05, 3.63) is 41.2 Å².